The Bertz CT molecular complexity index is 1120. The summed E-state index contributed by atoms with van der Waals surface area (Å²) in [4.78, 5) is 0. The van der Waals surface area contributed by atoms with Crippen LogP contribution in [0.3, 0.4) is 0 Å². The number of aromatic amines is 1. The van der Waals surface area contributed by atoms with Gasteiger partial charge in [0.05, 0.1) is 12.7 Å². The Morgan fingerprint density at radius 3 is 2.62 bits per heavy atom. The van der Waals surface area contributed by atoms with Crippen molar-refractivity contribution in [3.8, 4) is 5.75 Å². The predicted octanol–water partition coefficient (Wildman–Crippen LogP) is 4.80. The Morgan fingerprint density at radius 1 is 1.10 bits per heavy atom. The molecule has 2 aromatic carbocycles. The number of fused-ring (bicyclic) bond motifs is 1. The maximum absolute atomic E-state index is 13.1. The fourth-order valence-electron chi connectivity index (χ4n) is 3.51. The lowest BCUT2D eigenvalue weighted by Crippen LogP contribution is -2.04. The Labute approximate surface area is 164 Å². The van der Waals surface area contributed by atoms with Crippen LogP contribution in [0.25, 0.3) is 17.2 Å². The summed E-state index contributed by atoms with van der Waals surface area (Å²) in [6.45, 7) is 1.95. The third-order valence-electron chi connectivity index (χ3n) is 4.96. The smallest absolute Gasteiger partial charge is 0.416 e. The van der Waals surface area contributed by atoms with E-state index in [1.165, 1.54) is 6.07 Å². The number of nitrogens with one attached hydrogen (secondary N) is 1. The van der Waals surface area contributed by atoms with E-state index in [9.17, 15) is 13.2 Å². The first kappa shape index (κ1) is 18.9. The second-order valence-electron chi connectivity index (χ2n) is 6.72. The van der Waals surface area contributed by atoms with Crippen LogP contribution in [0.4, 0.5) is 13.2 Å². The number of halogens is 3. The molecule has 1 aromatic heterocycles. The Balaban J connectivity index is 1.83. The molecular formula is C21H17F3N4O. The summed E-state index contributed by atoms with van der Waals surface area (Å²) in [5.74, 6) is 1.30. The van der Waals surface area contributed by atoms with Gasteiger partial charge in [-0.05, 0) is 81.1 Å². The highest BCUT2D eigenvalue weighted by molar-refractivity contribution is 6.05. The molecule has 4 rings (SSSR count). The number of allylic oxidation sites excluding steroid dienone is 3. The SMILES string of the molecule is COc1ccc2c(c1)C(Cc1nnn[nH]1)=C(C)C2=Cc1cccc(C(F)(F)F)c1. The lowest BCUT2D eigenvalue weighted by Gasteiger charge is -2.09. The van der Waals surface area contributed by atoms with Gasteiger partial charge in [-0.15, -0.1) is 5.10 Å². The number of benzene rings is 2. The van der Waals surface area contributed by atoms with Gasteiger partial charge in [0.2, 0.25) is 0 Å². The molecule has 1 heterocycles. The van der Waals surface area contributed by atoms with E-state index in [1.54, 1.807) is 19.3 Å². The van der Waals surface area contributed by atoms with E-state index >= 15 is 0 Å². The molecule has 0 aliphatic heterocycles. The van der Waals surface area contributed by atoms with Gasteiger partial charge in [0.1, 0.15) is 5.75 Å². The summed E-state index contributed by atoms with van der Waals surface area (Å²) < 4.78 is 44.6. The van der Waals surface area contributed by atoms with Gasteiger partial charge >= 0.3 is 6.18 Å². The van der Waals surface area contributed by atoms with E-state index in [0.29, 0.717) is 23.6 Å². The van der Waals surface area contributed by atoms with Crippen LogP contribution < -0.4 is 4.74 Å². The van der Waals surface area contributed by atoms with E-state index in [4.69, 9.17) is 4.74 Å². The third-order valence-corrected chi connectivity index (χ3v) is 4.96. The molecule has 0 saturated carbocycles. The van der Waals surface area contributed by atoms with Gasteiger partial charge in [0, 0.05) is 6.42 Å². The standard InChI is InChI=1S/C21H17F3N4O/c1-12-17(9-13-4-3-5-14(8-13)21(22,23)24)16-7-6-15(29-2)10-19(16)18(12)11-20-25-27-28-26-20/h3-10H,11H2,1-2H3,(H,25,26,27,28). The van der Waals surface area contributed by atoms with E-state index < -0.39 is 11.7 Å². The Morgan fingerprint density at radius 2 is 1.93 bits per heavy atom. The third kappa shape index (κ3) is 3.65. The lowest BCUT2D eigenvalue weighted by molar-refractivity contribution is -0.137. The molecule has 0 unspecified atom stereocenters. The number of alkyl halides is 3. The first-order valence-electron chi connectivity index (χ1n) is 8.87. The number of nitrogens with zero attached hydrogens (tertiary/aromatic N) is 3. The zero-order valence-corrected chi connectivity index (χ0v) is 15.7. The summed E-state index contributed by atoms with van der Waals surface area (Å²) in [6.07, 6.45) is -2.13. The van der Waals surface area contributed by atoms with Crippen molar-refractivity contribution in [1.82, 2.24) is 20.6 Å². The van der Waals surface area contributed by atoms with Crippen LogP contribution in [0.1, 0.15) is 35.0 Å². The summed E-state index contributed by atoms with van der Waals surface area (Å²) in [5.41, 5.74) is 4.52. The number of aromatic nitrogens is 4. The van der Waals surface area contributed by atoms with Crippen molar-refractivity contribution in [3.63, 3.8) is 0 Å². The second kappa shape index (κ2) is 7.20. The minimum atomic E-state index is -4.38. The fourth-order valence-corrected chi connectivity index (χ4v) is 3.51. The summed E-state index contributed by atoms with van der Waals surface area (Å²) in [7, 11) is 1.59. The number of H-pyrrole nitrogens is 1. The van der Waals surface area contributed by atoms with Crippen molar-refractivity contribution in [2.24, 2.45) is 0 Å². The molecule has 1 aliphatic rings. The number of hydrogen-bond acceptors (Lipinski definition) is 4. The first-order chi connectivity index (χ1) is 13.9. The molecule has 1 aliphatic carbocycles. The van der Waals surface area contributed by atoms with Crippen LogP contribution in [-0.2, 0) is 12.6 Å². The van der Waals surface area contributed by atoms with Crippen molar-refractivity contribution in [2.45, 2.75) is 19.5 Å². The molecule has 8 heteroatoms. The zero-order valence-electron chi connectivity index (χ0n) is 15.7. The average molecular weight is 398 g/mol. The number of ether oxygens (including phenoxy) is 1. The van der Waals surface area contributed by atoms with Crippen molar-refractivity contribution in [2.75, 3.05) is 7.11 Å². The maximum atomic E-state index is 13.1. The number of methoxy groups -OCH3 is 1. The summed E-state index contributed by atoms with van der Waals surface area (Å²) in [5, 5.41) is 13.9. The minimum Gasteiger partial charge on any atom is -0.497 e. The van der Waals surface area contributed by atoms with E-state index in [-0.39, 0.29) is 0 Å². The molecule has 0 amide bonds. The van der Waals surface area contributed by atoms with Gasteiger partial charge in [-0.3, -0.25) is 0 Å². The second-order valence-corrected chi connectivity index (χ2v) is 6.72. The molecule has 0 fully saturated rings. The van der Waals surface area contributed by atoms with Crippen LogP contribution in [0.15, 0.2) is 48.0 Å². The van der Waals surface area contributed by atoms with Gasteiger partial charge in [-0.1, -0.05) is 18.2 Å². The lowest BCUT2D eigenvalue weighted by atomic mass is 9.99. The van der Waals surface area contributed by atoms with Gasteiger partial charge in [0.15, 0.2) is 5.82 Å². The molecule has 0 saturated heterocycles. The summed E-state index contributed by atoms with van der Waals surface area (Å²) in [6, 6.07) is 11.0. The van der Waals surface area contributed by atoms with Gasteiger partial charge in [0.25, 0.3) is 0 Å². The van der Waals surface area contributed by atoms with Gasteiger partial charge in [-0.25, -0.2) is 5.10 Å². The van der Waals surface area contributed by atoms with Crippen LogP contribution >= 0.6 is 0 Å². The van der Waals surface area contributed by atoms with Gasteiger partial charge in [-0.2, -0.15) is 13.2 Å². The molecular weight excluding hydrogens is 381 g/mol. The highest BCUT2D eigenvalue weighted by atomic mass is 19.4. The molecule has 1 N–H and O–H groups in total. The first-order valence-corrected chi connectivity index (χ1v) is 8.87. The largest absolute Gasteiger partial charge is 0.497 e. The van der Waals surface area contributed by atoms with Gasteiger partial charge < -0.3 is 4.74 Å². The zero-order chi connectivity index (χ0) is 20.6. The summed E-state index contributed by atoms with van der Waals surface area (Å²) >= 11 is 0. The highest BCUT2D eigenvalue weighted by Gasteiger charge is 2.30. The van der Waals surface area contributed by atoms with Crippen LogP contribution in [0.5, 0.6) is 5.75 Å². The number of tetrazole rings is 1. The molecule has 0 atom stereocenters. The Hall–Kier alpha value is -3.42. The van der Waals surface area contributed by atoms with E-state index in [0.717, 1.165) is 40.0 Å². The average Bonchev–Trinajstić information content (AvgIpc) is 3.30. The van der Waals surface area contributed by atoms with E-state index in [2.05, 4.69) is 20.6 Å². The minimum absolute atomic E-state index is 0.471. The molecule has 148 valence electrons. The van der Waals surface area contributed by atoms with Crippen molar-refractivity contribution in [1.29, 1.82) is 0 Å². The van der Waals surface area contributed by atoms with Crippen LogP contribution in [0.2, 0.25) is 0 Å². The van der Waals surface area contributed by atoms with Crippen molar-refractivity contribution >= 4 is 17.2 Å². The monoisotopic (exact) mass is 398 g/mol. The predicted molar refractivity (Wildman–Crippen MR) is 103 cm³/mol. The van der Waals surface area contributed by atoms with Crippen LogP contribution in [0, 0.1) is 0 Å². The van der Waals surface area contributed by atoms with Crippen molar-refractivity contribution < 1.29 is 17.9 Å². The molecule has 3 aromatic rings. The number of rotatable bonds is 4. The maximum Gasteiger partial charge on any atom is 0.416 e. The molecule has 0 radical (unpaired) electrons. The molecule has 0 bridgehead atoms. The molecule has 0 spiro atoms. The molecule has 5 nitrogen and oxygen atoms in total. The fraction of sp³-hybridized carbons (Fsp3) is 0.190. The quantitative estimate of drug-likeness (QED) is 0.686. The highest BCUT2D eigenvalue weighted by Crippen LogP contribution is 2.44. The van der Waals surface area contributed by atoms with Crippen molar-refractivity contribution in [3.05, 3.63) is 76.1 Å². The van der Waals surface area contributed by atoms with Crippen LogP contribution in [-0.4, -0.2) is 27.7 Å². The molecule has 29 heavy (non-hydrogen) atoms. The van der Waals surface area contributed by atoms with E-state index in [1.807, 2.05) is 25.1 Å². The topological polar surface area (TPSA) is 63.7 Å². The number of hydrogen-bond donors (Lipinski definition) is 1. The Kier molecular flexibility index (Phi) is 4.70. The normalized spacial score (nSPS) is 15.1.